The molecule has 4 nitrogen and oxygen atoms in total. The van der Waals surface area contributed by atoms with Gasteiger partial charge in [-0.05, 0) is 29.7 Å². The number of ether oxygens (including phenoxy) is 1. The first-order valence-corrected chi connectivity index (χ1v) is 9.74. The zero-order chi connectivity index (χ0) is 19.6. The minimum Gasteiger partial charge on any atom is -0.471 e. The number of carbonyl (C=O) groups is 1. The molecule has 1 aliphatic rings. The van der Waals surface area contributed by atoms with Gasteiger partial charge in [0.2, 0.25) is 0 Å². The summed E-state index contributed by atoms with van der Waals surface area (Å²) in [6, 6.07) is 16.9. The average Bonchev–Trinajstić information content (AvgIpc) is 3.37. The van der Waals surface area contributed by atoms with Crippen molar-refractivity contribution in [1.82, 2.24) is 0 Å². The standard InChI is InChI=1S/C20H22N2S.C2H4O2/c1-3-22-18(17-10-5-4-7-14(17)2)12-15-8-6-9-16(11-15)13-19-20(21)23-19;1-4-2-3/h3-11,19-20H,2,12-13,21H2,1H3;2H,1H3/b18-17-,22-3?;. The second-order valence-corrected chi connectivity index (χ2v) is 7.59. The van der Waals surface area contributed by atoms with Crippen molar-refractivity contribution < 1.29 is 9.53 Å². The second kappa shape index (κ2) is 10.7. The number of hydrogen-bond acceptors (Lipinski definition) is 5. The first-order chi connectivity index (χ1) is 13.1. The topological polar surface area (TPSA) is 64.7 Å². The Hall–Kier alpha value is -2.37. The smallest absolute Gasteiger partial charge is 0.292 e. The van der Waals surface area contributed by atoms with Crippen molar-refractivity contribution in [1.29, 1.82) is 0 Å². The number of hydrogen-bond donors (Lipinski definition) is 1. The Kier molecular flexibility index (Phi) is 8.30. The Morgan fingerprint density at radius 3 is 2.52 bits per heavy atom. The van der Waals surface area contributed by atoms with Gasteiger partial charge in [-0.1, -0.05) is 55.1 Å². The van der Waals surface area contributed by atoms with Crippen LogP contribution in [0.3, 0.4) is 0 Å². The number of nitrogens with zero attached hydrogens (tertiary/aromatic N) is 1. The van der Waals surface area contributed by atoms with Gasteiger partial charge in [0.05, 0.1) is 18.2 Å². The molecule has 27 heavy (non-hydrogen) atoms. The number of aliphatic imine (C=N–C) groups is 1. The third kappa shape index (κ3) is 6.70. The lowest BCUT2D eigenvalue weighted by Gasteiger charge is -2.06. The van der Waals surface area contributed by atoms with Gasteiger partial charge in [-0.3, -0.25) is 9.79 Å². The minimum absolute atomic E-state index is 0.323. The summed E-state index contributed by atoms with van der Waals surface area (Å²) in [5.41, 5.74) is 9.60. The fourth-order valence-corrected chi connectivity index (χ4v) is 3.48. The molecule has 1 fully saturated rings. The molecule has 1 saturated heterocycles. The van der Waals surface area contributed by atoms with Crippen LogP contribution >= 0.6 is 11.8 Å². The van der Waals surface area contributed by atoms with Crippen LogP contribution < -0.4 is 16.2 Å². The number of nitrogens with two attached hydrogens (primary N) is 1. The van der Waals surface area contributed by atoms with Crippen LogP contribution in [0.1, 0.15) is 18.1 Å². The van der Waals surface area contributed by atoms with Crippen molar-refractivity contribution in [2.24, 2.45) is 10.7 Å². The van der Waals surface area contributed by atoms with Crippen molar-refractivity contribution >= 4 is 36.7 Å². The van der Waals surface area contributed by atoms with E-state index in [9.17, 15) is 0 Å². The maximum Gasteiger partial charge on any atom is 0.292 e. The molecule has 2 N–H and O–H groups in total. The number of carbonyl (C=O) groups excluding carboxylic acids is 1. The molecule has 2 unspecified atom stereocenters. The average molecular weight is 383 g/mol. The van der Waals surface area contributed by atoms with Gasteiger partial charge in [0.25, 0.3) is 6.47 Å². The number of benzene rings is 2. The van der Waals surface area contributed by atoms with Gasteiger partial charge in [-0.15, -0.1) is 11.8 Å². The normalized spacial score (nSPS) is 19.1. The van der Waals surface area contributed by atoms with Gasteiger partial charge in [0.1, 0.15) is 0 Å². The lowest BCUT2D eigenvalue weighted by atomic mass is 10.0. The highest BCUT2D eigenvalue weighted by molar-refractivity contribution is 8.07. The second-order valence-electron chi connectivity index (χ2n) is 6.16. The van der Waals surface area contributed by atoms with Crippen LogP contribution in [0.15, 0.2) is 53.5 Å². The molecule has 0 aliphatic carbocycles. The van der Waals surface area contributed by atoms with E-state index in [4.69, 9.17) is 10.5 Å². The Morgan fingerprint density at radius 2 is 1.93 bits per heavy atom. The number of rotatable bonds is 6. The number of methoxy groups -OCH3 is 1. The molecule has 0 bridgehead atoms. The molecule has 0 radical (unpaired) electrons. The van der Waals surface area contributed by atoms with Gasteiger partial charge in [-0.25, -0.2) is 0 Å². The lowest BCUT2D eigenvalue weighted by Crippen LogP contribution is -2.25. The van der Waals surface area contributed by atoms with Crippen LogP contribution in [-0.4, -0.2) is 30.4 Å². The van der Waals surface area contributed by atoms with Crippen LogP contribution in [0.2, 0.25) is 0 Å². The Morgan fingerprint density at radius 1 is 1.26 bits per heavy atom. The molecule has 1 aliphatic heterocycles. The van der Waals surface area contributed by atoms with Crippen molar-refractivity contribution in [2.45, 2.75) is 30.4 Å². The predicted molar refractivity (Wildman–Crippen MR) is 115 cm³/mol. The molecule has 0 amide bonds. The van der Waals surface area contributed by atoms with E-state index in [0.29, 0.717) is 17.1 Å². The molecule has 2 aromatic rings. The maximum atomic E-state index is 8.95. The molecule has 5 heteroatoms. The van der Waals surface area contributed by atoms with E-state index in [2.05, 4.69) is 46.6 Å². The zero-order valence-corrected chi connectivity index (χ0v) is 16.6. The maximum absolute atomic E-state index is 8.95. The third-order valence-electron chi connectivity index (χ3n) is 4.13. The summed E-state index contributed by atoms with van der Waals surface area (Å²) in [6.07, 6.45) is 3.72. The van der Waals surface area contributed by atoms with Gasteiger partial charge in [0.15, 0.2) is 0 Å². The van der Waals surface area contributed by atoms with E-state index in [1.54, 1.807) is 0 Å². The van der Waals surface area contributed by atoms with Crippen molar-refractivity contribution in [3.63, 3.8) is 0 Å². The van der Waals surface area contributed by atoms with E-state index >= 15 is 0 Å². The molecule has 1 heterocycles. The Labute approximate surface area is 164 Å². The SMILES string of the molecule is C=c1cccc/c1=C(\Cc1cccc(CC2SC2N)c1)N=CC.COC=O. The van der Waals surface area contributed by atoms with E-state index in [1.165, 1.54) is 18.2 Å². The summed E-state index contributed by atoms with van der Waals surface area (Å²) in [4.78, 5) is 13.5. The highest BCUT2D eigenvalue weighted by Crippen LogP contribution is 2.39. The van der Waals surface area contributed by atoms with Crippen molar-refractivity contribution in [3.8, 4) is 0 Å². The number of thioether (sulfide) groups is 1. The lowest BCUT2D eigenvalue weighted by molar-refractivity contribution is -0.126. The fourth-order valence-electron chi connectivity index (χ4n) is 2.78. The molecule has 3 rings (SSSR count). The zero-order valence-electron chi connectivity index (χ0n) is 15.8. The Balaban J connectivity index is 0.000000596. The van der Waals surface area contributed by atoms with Gasteiger partial charge in [0, 0.05) is 23.1 Å². The minimum atomic E-state index is 0.323. The third-order valence-corrected chi connectivity index (χ3v) is 5.27. The molecular formula is C22H26N2O2S. The molecule has 0 spiro atoms. The summed E-state index contributed by atoms with van der Waals surface area (Å²) >= 11 is 1.85. The van der Waals surface area contributed by atoms with Crippen molar-refractivity contribution in [3.05, 3.63) is 70.1 Å². The van der Waals surface area contributed by atoms with Crippen LogP contribution in [-0.2, 0) is 22.4 Å². The summed E-state index contributed by atoms with van der Waals surface area (Å²) < 4.78 is 3.86. The van der Waals surface area contributed by atoms with Crippen LogP contribution in [0, 0.1) is 0 Å². The summed E-state index contributed by atoms with van der Waals surface area (Å²) in [6.45, 7) is 6.45. The van der Waals surface area contributed by atoms with Crippen molar-refractivity contribution in [2.75, 3.05) is 7.11 Å². The monoisotopic (exact) mass is 382 g/mol. The fraction of sp³-hybridized carbons (Fsp3) is 0.273. The highest BCUT2D eigenvalue weighted by atomic mass is 32.2. The Bertz CT molecular complexity index is 895. The summed E-state index contributed by atoms with van der Waals surface area (Å²) in [7, 11) is 1.31. The van der Waals surface area contributed by atoms with Gasteiger partial charge in [-0.2, -0.15) is 0 Å². The molecule has 142 valence electrons. The molecular weight excluding hydrogens is 356 g/mol. The summed E-state index contributed by atoms with van der Waals surface area (Å²) in [5.74, 6) is 0. The summed E-state index contributed by atoms with van der Waals surface area (Å²) in [5, 5.41) is 3.05. The van der Waals surface area contributed by atoms with E-state index in [-0.39, 0.29) is 0 Å². The van der Waals surface area contributed by atoms with Crippen LogP contribution in [0.4, 0.5) is 0 Å². The van der Waals surface area contributed by atoms with E-state index < -0.39 is 0 Å². The van der Waals surface area contributed by atoms with Crippen LogP contribution in [0.25, 0.3) is 12.3 Å². The quantitative estimate of drug-likeness (QED) is 0.473. The first kappa shape index (κ1) is 20.9. The van der Waals surface area contributed by atoms with E-state index in [1.807, 2.05) is 43.1 Å². The predicted octanol–water partition coefficient (Wildman–Crippen LogP) is 2.27. The van der Waals surface area contributed by atoms with E-state index in [0.717, 1.165) is 29.0 Å². The molecule has 0 aromatic heterocycles. The van der Waals surface area contributed by atoms with Crippen LogP contribution in [0.5, 0.6) is 0 Å². The molecule has 0 saturated carbocycles. The van der Waals surface area contributed by atoms with Gasteiger partial charge < -0.3 is 10.5 Å². The molecule has 2 aromatic carbocycles. The van der Waals surface area contributed by atoms with Gasteiger partial charge >= 0.3 is 0 Å². The molecule has 2 atom stereocenters. The largest absolute Gasteiger partial charge is 0.471 e. The first-order valence-electron chi connectivity index (χ1n) is 8.80. The highest BCUT2D eigenvalue weighted by Gasteiger charge is 2.34.